The first-order valence-corrected chi connectivity index (χ1v) is 7.20. The molecule has 0 spiro atoms. The molecule has 0 bridgehead atoms. The van der Waals surface area contributed by atoms with E-state index in [1.807, 2.05) is 0 Å². The summed E-state index contributed by atoms with van der Waals surface area (Å²) in [7, 11) is 1.42. The fourth-order valence-corrected chi connectivity index (χ4v) is 2.53. The second-order valence-electron chi connectivity index (χ2n) is 5.45. The highest BCUT2D eigenvalue weighted by molar-refractivity contribution is 5.85. The highest BCUT2D eigenvalue weighted by Gasteiger charge is 2.50. The lowest BCUT2D eigenvalue weighted by Gasteiger charge is -2.25. The number of nitrogens with zero attached hydrogens (tertiary/aromatic N) is 1. The number of carbonyl (C=O) groups is 1. The molecule has 1 aromatic carbocycles. The number of ether oxygens (including phenoxy) is 1. The van der Waals surface area contributed by atoms with Gasteiger partial charge in [-0.25, -0.2) is 4.39 Å². The molecule has 0 aliphatic carbocycles. The molecule has 0 saturated carbocycles. The van der Waals surface area contributed by atoms with Crippen LogP contribution in [0.25, 0.3) is 0 Å². The lowest BCUT2D eigenvalue weighted by Crippen LogP contribution is -2.42. The molecule has 0 radical (unpaired) electrons. The molecule has 1 heterocycles. The second kappa shape index (κ2) is 8.53. The Labute approximate surface area is 143 Å². The van der Waals surface area contributed by atoms with E-state index in [4.69, 9.17) is 4.74 Å². The molecule has 0 aromatic heterocycles. The molecule has 2 atom stereocenters. The van der Waals surface area contributed by atoms with Crippen molar-refractivity contribution in [2.24, 2.45) is 11.8 Å². The van der Waals surface area contributed by atoms with Crippen LogP contribution < -0.4 is 10.1 Å². The van der Waals surface area contributed by atoms with Gasteiger partial charge in [0.05, 0.1) is 18.4 Å². The first kappa shape index (κ1) is 20.5. The van der Waals surface area contributed by atoms with Crippen molar-refractivity contribution in [3.05, 3.63) is 30.1 Å². The van der Waals surface area contributed by atoms with Crippen LogP contribution in [0.3, 0.4) is 0 Å². The summed E-state index contributed by atoms with van der Waals surface area (Å²) >= 11 is 0. The molecule has 2 rings (SSSR count). The molecule has 1 amide bonds. The third-order valence-electron chi connectivity index (χ3n) is 3.85. The second-order valence-corrected chi connectivity index (χ2v) is 5.45. The van der Waals surface area contributed by atoms with Crippen molar-refractivity contribution in [1.29, 1.82) is 0 Å². The van der Waals surface area contributed by atoms with Crippen LogP contribution in [-0.2, 0) is 4.79 Å². The zero-order valence-corrected chi connectivity index (χ0v) is 13.8. The number of amides is 1. The summed E-state index contributed by atoms with van der Waals surface area (Å²) in [6, 6.07) is 5.80. The first-order chi connectivity index (χ1) is 10.8. The van der Waals surface area contributed by atoms with Crippen LogP contribution >= 0.6 is 12.4 Å². The Hall–Kier alpha value is -1.54. The summed E-state index contributed by atoms with van der Waals surface area (Å²) in [6.45, 7) is -0.171. The maximum absolute atomic E-state index is 13.4. The van der Waals surface area contributed by atoms with Crippen LogP contribution in [0, 0.1) is 17.7 Å². The minimum atomic E-state index is -4.41. The molecular weight excluding hydrogens is 352 g/mol. The van der Waals surface area contributed by atoms with Gasteiger partial charge in [0.2, 0.25) is 5.91 Å². The van der Waals surface area contributed by atoms with E-state index in [0.717, 1.165) is 0 Å². The molecule has 4 nitrogen and oxygen atoms in total. The van der Waals surface area contributed by atoms with Crippen LogP contribution in [0.1, 0.15) is 0 Å². The van der Waals surface area contributed by atoms with Crippen molar-refractivity contribution in [2.45, 2.75) is 6.18 Å². The smallest absolute Gasteiger partial charge is 0.393 e. The molecular formula is C15H19ClF4N2O2. The van der Waals surface area contributed by atoms with Gasteiger partial charge in [0.1, 0.15) is 6.61 Å². The number of halogens is 5. The number of nitrogens with one attached hydrogen (secondary N) is 1. The number of para-hydroxylation sites is 1. The van der Waals surface area contributed by atoms with Crippen molar-refractivity contribution in [3.8, 4) is 5.75 Å². The van der Waals surface area contributed by atoms with E-state index in [-0.39, 0.29) is 44.4 Å². The van der Waals surface area contributed by atoms with Gasteiger partial charge in [-0.15, -0.1) is 12.4 Å². The van der Waals surface area contributed by atoms with Gasteiger partial charge in [-0.1, -0.05) is 12.1 Å². The number of hydrogen-bond acceptors (Lipinski definition) is 3. The largest absolute Gasteiger partial charge is 0.489 e. The van der Waals surface area contributed by atoms with Crippen LogP contribution in [0.4, 0.5) is 17.6 Å². The average molecular weight is 371 g/mol. The maximum atomic E-state index is 13.4. The number of hydrogen-bond donors (Lipinski definition) is 1. The summed E-state index contributed by atoms with van der Waals surface area (Å²) in [5.74, 6) is -3.88. The molecule has 9 heteroatoms. The molecule has 1 aromatic rings. The minimum Gasteiger partial charge on any atom is -0.489 e. The van der Waals surface area contributed by atoms with Gasteiger partial charge >= 0.3 is 6.18 Å². The van der Waals surface area contributed by atoms with Gasteiger partial charge in [-0.2, -0.15) is 13.2 Å². The number of rotatable bonds is 5. The predicted molar refractivity (Wildman–Crippen MR) is 82.7 cm³/mol. The molecule has 136 valence electrons. The van der Waals surface area contributed by atoms with Gasteiger partial charge in [-0.05, 0) is 12.1 Å². The standard InChI is InChI=1S/C15H18F4N2O2.ClH/c1-21(6-7-23-13-5-3-2-4-12(13)16)14(22)10-8-20-9-11(10)15(17,18)19;/h2-5,10-11,20H,6-9H2,1H3;1H/t10-,11-;/m1./s1. The molecule has 1 aliphatic heterocycles. The lowest BCUT2D eigenvalue weighted by atomic mass is 9.94. The zero-order chi connectivity index (χ0) is 17.0. The first-order valence-electron chi connectivity index (χ1n) is 7.20. The Kier molecular flexibility index (Phi) is 7.28. The van der Waals surface area contributed by atoms with Crippen molar-refractivity contribution < 1.29 is 27.1 Å². The molecule has 1 fully saturated rings. The summed E-state index contributed by atoms with van der Waals surface area (Å²) in [4.78, 5) is 13.4. The summed E-state index contributed by atoms with van der Waals surface area (Å²) in [6.07, 6.45) is -4.41. The van der Waals surface area contributed by atoms with E-state index in [1.165, 1.54) is 30.1 Å². The fraction of sp³-hybridized carbons (Fsp3) is 0.533. The zero-order valence-electron chi connectivity index (χ0n) is 13.0. The van der Waals surface area contributed by atoms with Crippen molar-refractivity contribution >= 4 is 18.3 Å². The van der Waals surface area contributed by atoms with Crippen molar-refractivity contribution in [2.75, 3.05) is 33.3 Å². The van der Waals surface area contributed by atoms with Crippen molar-refractivity contribution in [3.63, 3.8) is 0 Å². The van der Waals surface area contributed by atoms with Crippen LogP contribution in [-0.4, -0.2) is 50.3 Å². The van der Waals surface area contributed by atoms with Crippen molar-refractivity contribution in [1.82, 2.24) is 10.2 Å². The third kappa shape index (κ3) is 4.98. The number of benzene rings is 1. The monoisotopic (exact) mass is 370 g/mol. The Morgan fingerprint density at radius 3 is 2.62 bits per heavy atom. The van der Waals surface area contributed by atoms with Crippen LogP contribution in [0.15, 0.2) is 24.3 Å². The summed E-state index contributed by atoms with van der Waals surface area (Å²) < 4.78 is 57.2. The average Bonchev–Trinajstić information content (AvgIpc) is 2.98. The van der Waals surface area contributed by atoms with Gasteiger partial charge in [-0.3, -0.25) is 4.79 Å². The SMILES string of the molecule is CN(CCOc1ccccc1F)C(=O)[C@@H]1CNC[C@H]1C(F)(F)F.Cl. The Morgan fingerprint density at radius 1 is 1.33 bits per heavy atom. The summed E-state index contributed by atoms with van der Waals surface area (Å²) in [5, 5.41) is 2.61. The summed E-state index contributed by atoms with van der Waals surface area (Å²) in [5.41, 5.74) is 0. The van der Waals surface area contributed by atoms with E-state index >= 15 is 0 Å². The molecule has 1 N–H and O–H groups in total. The van der Waals surface area contributed by atoms with Gasteiger partial charge in [0, 0.05) is 20.1 Å². The highest BCUT2D eigenvalue weighted by Crippen LogP contribution is 2.35. The van der Waals surface area contributed by atoms with Gasteiger partial charge in [0.15, 0.2) is 11.6 Å². The van der Waals surface area contributed by atoms with E-state index < -0.39 is 29.7 Å². The van der Waals surface area contributed by atoms with E-state index in [0.29, 0.717) is 0 Å². The molecule has 1 saturated heterocycles. The Balaban J connectivity index is 0.00000288. The highest BCUT2D eigenvalue weighted by atomic mass is 35.5. The van der Waals surface area contributed by atoms with Gasteiger partial charge in [0.25, 0.3) is 0 Å². The topological polar surface area (TPSA) is 41.6 Å². The molecule has 24 heavy (non-hydrogen) atoms. The number of carbonyl (C=O) groups excluding carboxylic acids is 1. The number of likely N-dealkylation sites (N-methyl/N-ethyl adjacent to an activating group) is 1. The molecule has 0 unspecified atom stereocenters. The third-order valence-corrected chi connectivity index (χ3v) is 3.85. The minimum absolute atomic E-state index is 0. The van der Waals surface area contributed by atoms with Crippen LogP contribution in [0.5, 0.6) is 5.75 Å². The van der Waals surface area contributed by atoms with Gasteiger partial charge < -0.3 is 15.0 Å². The predicted octanol–water partition coefficient (Wildman–Crippen LogP) is 2.48. The quantitative estimate of drug-likeness (QED) is 0.810. The number of alkyl halides is 3. The fourth-order valence-electron chi connectivity index (χ4n) is 2.53. The van der Waals surface area contributed by atoms with E-state index in [1.54, 1.807) is 6.07 Å². The Morgan fingerprint density at radius 2 is 2.00 bits per heavy atom. The molecule has 1 aliphatic rings. The van der Waals surface area contributed by atoms with E-state index in [9.17, 15) is 22.4 Å². The normalized spacial score (nSPS) is 20.4. The maximum Gasteiger partial charge on any atom is 0.393 e. The lowest BCUT2D eigenvalue weighted by molar-refractivity contribution is -0.184. The van der Waals surface area contributed by atoms with Crippen LogP contribution in [0.2, 0.25) is 0 Å². The Bertz CT molecular complexity index is 557. The van der Waals surface area contributed by atoms with E-state index in [2.05, 4.69) is 5.32 Å².